The van der Waals surface area contributed by atoms with E-state index in [0.717, 1.165) is 5.56 Å². The molecule has 0 radical (unpaired) electrons. The van der Waals surface area contributed by atoms with Crippen molar-refractivity contribution in [2.45, 2.75) is 25.7 Å². The number of nitrogens with zero attached hydrogens (tertiary/aromatic N) is 1. The van der Waals surface area contributed by atoms with Gasteiger partial charge in [-0.2, -0.15) is 5.26 Å². The number of rotatable bonds is 6. The van der Waals surface area contributed by atoms with E-state index in [1.807, 2.05) is 36.4 Å². The lowest BCUT2D eigenvalue weighted by molar-refractivity contribution is -0.132. The zero-order valence-corrected chi connectivity index (χ0v) is 14.5. The van der Waals surface area contributed by atoms with Gasteiger partial charge in [-0.3, -0.25) is 4.79 Å². The van der Waals surface area contributed by atoms with Gasteiger partial charge in [0.25, 0.3) is 0 Å². The average molecular weight is 363 g/mol. The zero-order valence-electron chi connectivity index (χ0n) is 13.0. The van der Waals surface area contributed by atoms with Gasteiger partial charge in [-0.25, -0.2) is 0 Å². The highest BCUT2D eigenvalue weighted by Crippen LogP contribution is 2.29. The summed E-state index contributed by atoms with van der Waals surface area (Å²) in [6, 6.07) is 15.6. The van der Waals surface area contributed by atoms with Gasteiger partial charge in [-0.1, -0.05) is 65.7 Å². The van der Waals surface area contributed by atoms with Crippen LogP contribution in [0, 0.1) is 11.3 Å². The lowest BCUT2D eigenvalue weighted by Crippen LogP contribution is -2.36. The molecule has 6 heteroatoms. The number of halogens is 2. The first kappa shape index (κ1) is 18.3. The van der Waals surface area contributed by atoms with Crippen molar-refractivity contribution in [3.05, 3.63) is 69.7 Å². The number of ether oxygens (including phenoxy) is 1. The molecule has 2 unspecified atom stereocenters. The maximum Gasteiger partial charge on any atom is 0.250 e. The lowest BCUT2D eigenvalue weighted by Gasteiger charge is -2.18. The fourth-order valence-corrected chi connectivity index (χ4v) is 2.47. The van der Waals surface area contributed by atoms with Crippen molar-refractivity contribution in [3.63, 3.8) is 0 Å². The summed E-state index contributed by atoms with van der Waals surface area (Å²) in [6.45, 7) is 1.94. The Hall–Kier alpha value is -2.06. The molecule has 0 saturated carbocycles. The SMILES string of the molecule is CC(OCc1ccccc1)C(=O)NC(C#N)c1cccc(Cl)c1Cl. The van der Waals surface area contributed by atoms with E-state index in [2.05, 4.69) is 5.32 Å². The summed E-state index contributed by atoms with van der Waals surface area (Å²) in [5.74, 6) is -0.395. The van der Waals surface area contributed by atoms with E-state index in [1.165, 1.54) is 0 Å². The van der Waals surface area contributed by atoms with E-state index in [4.69, 9.17) is 27.9 Å². The molecule has 0 fully saturated rings. The molecule has 0 aromatic heterocycles. The molecule has 124 valence electrons. The Morgan fingerprint density at radius 3 is 2.58 bits per heavy atom. The minimum Gasteiger partial charge on any atom is -0.364 e. The standard InChI is InChI=1S/C18H16Cl2N2O2/c1-12(24-11-13-6-3-2-4-7-13)18(23)22-16(10-21)14-8-5-9-15(19)17(14)20/h2-9,12,16H,11H2,1H3,(H,22,23). The Labute approximate surface area is 151 Å². The third-order valence-electron chi connectivity index (χ3n) is 3.42. The number of benzene rings is 2. The van der Waals surface area contributed by atoms with Crippen LogP contribution in [0.3, 0.4) is 0 Å². The van der Waals surface area contributed by atoms with Crippen LogP contribution in [0.2, 0.25) is 10.0 Å². The Morgan fingerprint density at radius 1 is 1.21 bits per heavy atom. The number of carbonyl (C=O) groups excluding carboxylic acids is 1. The highest BCUT2D eigenvalue weighted by molar-refractivity contribution is 6.42. The van der Waals surface area contributed by atoms with Crippen LogP contribution in [0.1, 0.15) is 24.1 Å². The first-order valence-corrected chi connectivity index (χ1v) is 8.08. The predicted octanol–water partition coefficient (Wildman–Crippen LogP) is 4.28. The van der Waals surface area contributed by atoms with Crippen molar-refractivity contribution < 1.29 is 9.53 Å². The first-order chi connectivity index (χ1) is 11.5. The summed E-state index contributed by atoms with van der Waals surface area (Å²) in [6.07, 6.45) is -0.709. The summed E-state index contributed by atoms with van der Waals surface area (Å²) in [7, 11) is 0. The summed E-state index contributed by atoms with van der Waals surface area (Å²) < 4.78 is 5.54. The van der Waals surface area contributed by atoms with E-state index >= 15 is 0 Å². The summed E-state index contributed by atoms with van der Waals surface area (Å²) in [5.41, 5.74) is 1.42. The van der Waals surface area contributed by atoms with Crippen molar-refractivity contribution in [2.75, 3.05) is 0 Å². The van der Waals surface area contributed by atoms with Gasteiger partial charge in [0.15, 0.2) is 0 Å². The van der Waals surface area contributed by atoms with Crippen LogP contribution in [0.5, 0.6) is 0 Å². The normalized spacial score (nSPS) is 12.9. The van der Waals surface area contributed by atoms with Crippen LogP contribution < -0.4 is 5.32 Å². The topological polar surface area (TPSA) is 62.1 Å². The summed E-state index contributed by atoms with van der Waals surface area (Å²) >= 11 is 12.1. The third-order valence-corrected chi connectivity index (χ3v) is 4.25. The molecule has 0 aliphatic carbocycles. The quantitative estimate of drug-likeness (QED) is 0.833. The molecular weight excluding hydrogens is 347 g/mol. The van der Waals surface area contributed by atoms with Crippen molar-refractivity contribution in [2.24, 2.45) is 0 Å². The van der Waals surface area contributed by atoms with Crippen LogP contribution in [-0.4, -0.2) is 12.0 Å². The molecule has 1 N–H and O–H groups in total. The van der Waals surface area contributed by atoms with Crippen LogP contribution in [0.25, 0.3) is 0 Å². The smallest absolute Gasteiger partial charge is 0.250 e. The molecule has 4 nitrogen and oxygen atoms in total. The largest absolute Gasteiger partial charge is 0.364 e. The Bertz CT molecular complexity index is 744. The second-order valence-electron chi connectivity index (χ2n) is 5.15. The fraction of sp³-hybridized carbons (Fsp3) is 0.222. The van der Waals surface area contributed by atoms with Crippen LogP contribution in [0.15, 0.2) is 48.5 Å². The number of nitriles is 1. The fourth-order valence-electron chi connectivity index (χ4n) is 2.05. The van der Waals surface area contributed by atoms with Gasteiger partial charge in [-0.15, -0.1) is 0 Å². The van der Waals surface area contributed by atoms with Gasteiger partial charge in [0.2, 0.25) is 5.91 Å². The van der Waals surface area contributed by atoms with Gasteiger partial charge in [0.05, 0.1) is 22.7 Å². The highest BCUT2D eigenvalue weighted by atomic mass is 35.5. The maximum absolute atomic E-state index is 12.2. The second-order valence-corrected chi connectivity index (χ2v) is 5.94. The van der Waals surface area contributed by atoms with E-state index < -0.39 is 18.1 Å². The number of hydrogen-bond donors (Lipinski definition) is 1. The zero-order chi connectivity index (χ0) is 17.5. The molecular formula is C18H16Cl2N2O2. The molecule has 2 rings (SSSR count). The van der Waals surface area contributed by atoms with Crippen molar-refractivity contribution in [1.29, 1.82) is 5.26 Å². The van der Waals surface area contributed by atoms with Gasteiger partial charge in [0.1, 0.15) is 12.1 Å². The minimum atomic E-state index is -0.897. The van der Waals surface area contributed by atoms with Gasteiger partial charge >= 0.3 is 0 Å². The molecule has 0 saturated heterocycles. The molecule has 0 bridgehead atoms. The van der Waals surface area contributed by atoms with E-state index in [-0.39, 0.29) is 5.02 Å². The monoisotopic (exact) mass is 362 g/mol. The van der Waals surface area contributed by atoms with E-state index in [1.54, 1.807) is 25.1 Å². The van der Waals surface area contributed by atoms with Gasteiger partial charge in [-0.05, 0) is 18.6 Å². The summed E-state index contributed by atoms with van der Waals surface area (Å²) in [5, 5.41) is 12.5. The van der Waals surface area contributed by atoms with Crippen LogP contribution in [0.4, 0.5) is 0 Å². The van der Waals surface area contributed by atoms with E-state index in [9.17, 15) is 10.1 Å². The predicted molar refractivity (Wildman–Crippen MR) is 93.7 cm³/mol. The molecule has 1 amide bonds. The Morgan fingerprint density at radius 2 is 1.92 bits per heavy atom. The average Bonchev–Trinajstić information content (AvgIpc) is 2.61. The Balaban J connectivity index is 1.99. The first-order valence-electron chi connectivity index (χ1n) is 7.32. The van der Waals surface area contributed by atoms with Gasteiger partial charge < -0.3 is 10.1 Å². The van der Waals surface area contributed by atoms with E-state index in [0.29, 0.717) is 17.2 Å². The maximum atomic E-state index is 12.2. The van der Waals surface area contributed by atoms with Crippen molar-refractivity contribution in [1.82, 2.24) is 5.32 Å². The molecule has 0 spiro atoms. The lowest BCUT2D eigenvalue weighted by atomic mass is 10.1. The van der Waals surface area contributed by atoms with Crippen molar-refractivity contribution in [3.8, 4) is 6.07 Å². The second kappa shape index (κ2) is 8.70. The number of nitrogens with one attached hydrogen (secondary N) is 1. The molecule has 2 aromatic carbocycles. The molecule has 0 heterocycles. The number of carbonyl (C=O) groups is 1. The number of hydrogen-bond acceptors (Lipinski definition) is 3. The van der Waals surface area contributed by atoms with Crippen LogP contribution in [-0.2, 0) is 16.1 Å². The van der Waals surface area contributed by atoms with Crippen LogP contribution >= 0.6 is 23.2 Å². The van der Waals surface area contributed by atoms with Crippen molar-refractivity contribution >= 4 is 29.1 Å². The Kier molecular flexibility index (Phi) is 6.62. The highest BCUT2D eigenvalue weighted by Gasteiger charge is 2.21. The number of amides is 1. The molecule has 0 aliphatic rings. The molecule has 24 heavy (non-hydrogen) atoms. The summed E-state index contributed by atoms with van der Waals surface area (Å²) in [4.78, 5) is 12.2. The van der Waals surface area contributed by atoms with Gasteiger partial charge in [0, 0.05) is 5.56 Å². The molecule has 2 atom stereocenters. The third kappa shape index (κ3) is 4.72. The molecule has 2 aromatic rings. The molecule has 0 aliphatic heterocycles. The minimum absolute atomic E-state index is 0.254.